The molecule has 0 saturated carbocycles. The Morgan fingerprint density at radius 2 is 1.98 bits per heavy atom. The number of nitrogens with zero attached hydrogens (tertiary/aromatic N) is 7. The van der Waals surface area contributed by atoms with E-state index < -0.39 is 80.9 Å². The average Bonchev–Trinajstić information content (AvgIpc) is 3.78. The molecule has 0 bridgehead atoms. The van der Waals surface area contributed by atoms with Crippen LogP contribution in [-0.4, -0.2) is 103 Å². The molecule has 0 unspecified atom stereocenters. The normalized spacial score (nSPS) is 18.0. The molecule has 5 rings (SSSR count). The third-order valence-electron chi connectivity index (χ3n) is 7.09. The van der Waals surface area contributed by atoms with Crippen LogP contribution in [0.15, 0.2) is 36.8 Å². The van der Waals surface area contributed by atoms with Gasteiger partial charge < -0.3 is 50.6 Å². The summed E-state index contributed by atoms with van der Waals surface area (Å²) in [6.07, 6.45) is 1.61. The number of carbonyl (C=O) groups is 3. The minimum absolute atomic E-state index is 0. The zero-order valence-electron chi connectivity index (χ0n) is 27.4. The Morgan fingerprint density at radius 3 is 2.55 bits per heavy atom. The van der Waals surface area contributed by atoms with Crippen molar-refractivity contribution in [3.05, 3.63) is 44.0 Å². The molecule has 0 spiro atoms. The zero-order chi connectivity index (χ0) is 35.8. The van der Waals surface area contributed by atoms with Gasteiger partial charge in [-0.1, -0.05) is 9.24 Å². The number of thiazole rings is 1. The molecule has 2 fully saturated rings. The number of nitrogen functional groups attached to an aromatic ring is 1. The summed E-state index contributed by atoms with van der Waals surface area (Å²) in [4.78, 5) is 74.1. The second kappa shape index (κ2) is 16.4. The zero-order valence-corrected chi connectivity index (χ0v) is 33.0. The smallest absolute Gasteiger partial charge is 0.845 e. The number of anilines is 1. The molecule has 0 aliphatic carbocycles. The second-order valence-corrected chi connectivity index (χ2v) is 13.3. The molecule has 2 atom stereocenters. The summed E-state index contributed by atoms with van der Waals surface area (Å²) in [6, 6.07) is -2.13. The van der Waals surface area contributed by atoms with Crippen molar-refractivity contribution in [3.8, 4) is 17.3 Å². The number of H-pyrrole nitrogens is 1. The molecule has 22 nitrogen and oxygen atoms in total. The van der Waals surface area contributed by atoms with E-state index in [1.165, 1.54) is 5.38 Å². The first kappa shape index (κ1) is 41.8. The number of aromatic nitrogens is 5. The summed E-state index contributed by atoms with van der Waals surface area (Å²) >= 11 is 0.917. The van der Waals surface area contributed by atoms with Crippen molar-refractivity contribution in [2.45, 2.75) is 51.0 Å². The Bertz CT molecular complexity index is 2120. The standard InChI is InChI=1S/C25H28N10O12S2.2Na/c1-25(2,21(40)41)47-31-17(14-10-48-22(26)29-14)19(38)28-13-9-34(20(13)39)23(42)32-49(44,45)35-24(43)33(8-11-4-3-5-46-11)18(30-35)12-6-15(36)16(37)7-27-12;;/h6-7,10-11,13,37H,3-5,8-9H2,1-2H3,(H2,26,29)(H,27,36)(H,28,38)(H,32,42)(H,40,41);;/q;2*+1/p-2/b31-17-;;/t11-,13-;;/m0../s1. The maximum Gasteiger partial charge on any atom is 1.00 e. The van der Waals surface area contributed by atoms with Crippen LogP contribution in [-0.2, 0) is 40.7 Å². The molecule has 3 aromatic heterocycles. The maximum absolute atomic E-state index is 13.3. The number of hydrogen-bond donors (Lipinski definition) is 4. The van der Waals surface area contributed by atoms with Crippen LogP contribution in [0.1, 0.15) is 32.4 Å². The van der Waals surface area contributed by atoms with E-state index in [1.807, 2.05) is 0 Å². The summed E-state index contributed by atoms with van der Waals surface area (Å²) < 4.78 is 35.6. The van der Waals surface area contributed by atoms with E-state index in [9.17, 15) is 47.7 Å². The number of amidine groups is 1. The van der Waals surface area contributed by atoms with Gasteiger partial charge in [0.2, 0.25) is 5.43 Å². The minimum Gasteiger partial charge on any atom is -0.845 e. The van der Waals surface area contributed by atoms with Gasteiger partial charge in [0.25, 0.3) is 11.8 Å². The molecule has 5 heterocycles. The fourth-order valence-corrected chi connectivity index (χ4v) is 5.79. The van der Waals surface area contributed by atoms with Gasteiger partial charge in [-0.3, -0.25) is 19.0 Å². The van der Waals surface area contributed by atoms with Crippen LogP contribution < -0.4 is 91.5 Å². The number of oxime groups is 1. The number of nitrogens with one attached hydrogen (secondary N) is 2. The number of aliphatic carboxylic acids is 1. The van der Waals surface area contributed by atoms with E-state index in [-0.39, 0.29) is 92.1 Å². The van der Waals surface area contributed by atoms with Crippen LogP contribution in [0.4, 0.5) is 5.13 Å². The Morgan fingerprint density at radius 1 is 1.27 bits per heavy atom. The predicted molar refractivity (Wildman–Crippen MR) is 162 cm³/mol. The molecule has 3 aromatic rings. The monoisotopic (exact) mass is 768 g/mol. The van der Waals surface area contributed by atoms with Gasteiger partial charge in [-0.05, 0) is 26.7 Å². The molecule has 262 valence electrons. The van der Waals surface area contributed by atoms with Crippen molar-refractivity contribution in [1.82, 2.24) is 33.9 Å². The van der Waals surface area contributed by atoms with Crippen LogP contribution in [0.2, 0.25) is 0 Å². The number of carboxylic acids is 1. The van der Waals surface area contributed by atoms with Crippen molar-refractivity contribution < 1.29 is 107 Å². The molecule has 2 aliphatic heterocycles. The van der Waals surface area contributed by atoms with Gasteiger partial charge in [0.05, 0.1) is 36.9 Å². The number of rotatable bonds is 11. The van der Waals surface area contributed by atoms with Gasteiger partial charge in [-0.2, -0.15) is 8.42 Å². The largest absolute Gasteiger partial charge is 1.00 e. The Hall–Kier alpha value is -3.62. The molecule has 2 saturated heterocycles. The molecule has 0 aromatic carbocycles. The van der Waals surface area contributed by atoms with E-state index in [2.05, 4.69) is 29.9 Å². The fraction of sp³-hybridized carbons (Fsp3) is 0.400. The first-order valence-electron chi connectivity index (χ1n) is 14.1. The number of pyridine rings is 1. The molecule has 51 heavy (non-hydrogen) atoms. The molecule has 2 aliphatic rings. The van der Waals surface area contributed by atoms with Crippen molar-refractivity contribution >= 4 is 56.2 Å². The van der Waals surface area contributed by atoms with Crippen molar-refractivity contribution in [1.29, 1.82) is 0 Å². The minimum atomic E-state index is -5.24. The second-order valence-electron chi connectivity index (χ2n) is 11.0. The Balaban J connectivity index is 0.00000351. The van der Waals surface area contributed by atoms with Gasteiger partial charge in [-0.25, -0.2) is 9.78 Å². The number of aromatic amines is 1. The van der Waals surface area contributed by atoms with Crippen molar-refractivity contribution in [3.63, 3.8) is 0 Å². The number of aromatic hydroxyl groups is 1. The summed E-state index contributed by atoms with van der Waals surface area (Å²) in [5.74, 6) is -4.83. The van der Waals surface area contributed by atoms with Gasteiger partial charge >= 0.3 is 75.0 Å². The number of nitrogens with two attached hydrogens (primary N) is 1. The van der Waals surface area contributed by atoms with E-state index in [0.717, 1.165) is 42.0 Å². The summed E-state index contributed by atoms with van der Waals surface area (Å²) in [6.45, 7) is 1.85. The van der Waals surface area contributed by atoms with E-state index in [4.69, 9.17) is 15.3 Å². The molecular formula is C25H26N10Na2O12S2. The van der Waals surface area contributed by atoms with Gasteiger partial charge in [0.1, 0.15) is 11.7 Å². The number of hydrogen-bond acceptors (Lipinski definition) is 17. The van der Waals surface area contributed by atoms with Crippen LogP contribution >= 0.6 is 11.3 Å². The SMILES string of the molecule is CC(C)(O/N=C(\C(=O)N[C@H]1CN(C([O-])=NS(=O)(=O)n2nc(-c3cc(=O)c(O)c[nH]3)n(C[C@@H]3CCCO3)c2=O)C1=O)c1csc(N)n1)C(=O)[O-].[Na+].[Na+]. The number of ether oxygens (including phenoxy) is 1. The van der Waals surface area contributed by atoms with Crippen LogP contribution in [0, 0.1) is 0 Å². The Labute approximate surface area is 335 Å². The number of likely N-dealkylation sites (tertiary alicyclic amines) is 1. The molecule has 26 heteroatoms. The summed E-state index contributed by atoms with van der Waals surface area (Å²) in [5.41, 5.74) is 0.660. The van der Waals surface area contributed by atoms with Crippen LogP contribution in [0.5, 0.6) is 5.75 Å². The van der Waals surface area contributed by atoms with E-state index in [0.29, 0.717) is 24.3 Å². The molecule has 5 N–H and O–H groups in total. The van der Waals surface area contributed by atoms with E-state index in [1.54, 1.807) is 0 Å². The van der Waals surface area contributed by atoms with Gasteiger partial charge in [0.15, 0.2) is 28.0 Å². The van der Waals surface area contributed by atoms with Crippen LogP contribution in [0.3, 0.4) is 0 Å². The third-order valence-corrected chi connectivity index (χ3v) is 8.83. The van der Waals surface area contributed by atoms with Crippen molar-refractivity contribution in [2.75, 3.05) is 18.9 Å². The maximum atomic E-state index is 13.3. The molecule has 0 radical (unpaired) electrons. The number of amides is 2. The first-order valence-corrected chi connectivity index (χ1v) is 16.3. The predicted octanol–water partition coefficient (Wildman–Crippen LogP) is -10.6. The number of carboxylic acid groups (broad SMARTS) is 1. The van der Waals surface area contributed by atoms with Crippen LogP contribution in [0.25, 0.3) is 11.5 Å². The summed E-state index contributed by atoms with van der Waals surface area (Å²) in [5, 5.41) is 44.6. The summed E-state index contributed by atoms with van der Waals surface area (Å²) in [7, 11) is -5.24. The van der Waals surface area contributed by atoms with Crippen molar-refractivity contribution in [2.24, 2.45) is 9.55 Å². The third kappa shape index (κ3) is 9.07. The fourth-order valence-electron chi connectivity index (χ4n) is 4.39. The van der Waals surface area contributed by atoms with Gasteiger partial charge in [-0.15, -0.1) is 20.8 Å². The first-order chi connectivity index (χ1) is 23.0. The molecular weight excluding hydrogens is 742 g/mol. The van der Waals surface area contributed by atoms with E-state index >= 15 is 0 Å². The quantitative estimate of drug-likeness (QED) is 0.0463. The number of β-lactam (4-membered cyclic amide) rings is 1. The molecule has 2 amide bonds. The Kier molecular flexibility index (Phi) is 13.4. The topological polar surface area (TPSA) is 322 Å². The van der Waals surface area contributed by atoms with Gasteiger partial charge in [0, 0.05) is 24.3 Å². The average molecular weight is 769 g/mol. The number of carbonyl (C=O) groups excluding carboxylic acids is 3.